The van der Waals surface area contributed by atoms with Crippen LogP contribution in [0.4, 0.5) is 11.5 Å². The normalized spacial score (nSPS) is 10.6. The average molecular weight is 245 g/mol. The van der Waals surface area contributed by atoms with Crippen molar-refractivity contribution < 1.29 is 9.90 Å². The van der Waals surface area contributed by atoms with Crippen LogP contribution in [0.2, 0.25) is 0 Å². The molecule has 5 heteroatoms. The molecule has 0 saturated carbocycles. The molecule has 0 unspecified atom stereocenters. The molecule has 0 atom stereocenters. The zero-order chi connectivity index (χ0) is 13.1. The second kappa shape index (κ2) is 4.91. The van der Waals surface area contributed by atoms with Crippen LogP contribution in [0.25, 0.3) is 0 Å². The Kier molecular flexibility index (Phi) is 3.32. The van der Waals surface area contributed by atoms with Gasteiger partial charge < -0.3 is 10.4 Å². The lowest BCUT2D eigenvalue weighted by Crippen LogP contribution is -2.09. The summed E-state index contributed by atoms with van der Waals surface area (Å²) in [6, 6.07) is 8.83. The van der Waals surface area contributed by atoms with Gasteiger partial charge in [0, 0.05) is 12.1 Å². The molecule has 0 aliphatic heterocycles. The van der Waals surface area contributed by atoms with E-state index in [9.17, 15) is 4.79 Å². The van der Waals surface area contributed by atoms with Gasteiger partial charge in [-0.3, -0.25) is 0 Å². The molecule has 0 aliphatic carbocycles. The molecule has 0 radical (unpaired) electrons. The van der Waals surface area contributed by atoms with Gasteiger partial charge in [0.1, 0.15) is 5.82 Å². The zero-order valence-corrected chi connectivity index (χ0v) is 10.3. The van der Waals surface area contributed by atoms with Crippen molar-refractivity contribution in [2.24, 2.45) is 0 Å². The first-order chi connectivity index (χ1) is 8.59. The lowest BCUT2D eigenvalue weighted by atomic mass is 10.2. The standard InChI is InChI=1S/C13H15N3O2/c1-9(2)16-12(7-8-14-16)15-11-6-4-3-5-10(11)13(17)18/h3-9,15H,1-2H3,(H,17,18). The molecule has 0 bridgehead atoms. The second-order valence-corrected chi connectivity index (χ2v) is 4.23. The average Bonchev–Trinajstić information content (AvgIpc) is 2.77. The van der Waals surface area contributed by atoms with E-state index in [1.54, 1.807) is 35.1 Å². The van der Waals surface area contributed by atoms with E-state index in [2.05, 4.69) is 10.4 Å². The summed E-state index contributed by atoms with van der Waals surface area (Å²) in [5.41, 5.74) is 0.807. The Hall–Kier alpha value is -2.30. The molecule has 2 N–H and O–H groups in total. The maximum absolute atomic E-state index is 11.1. The highest BCUT2D eigenvalue weighted by atomic mass is 16.4. The van der Waals surface area contributed by atoms with E-state index in [1.807, 2.05) is 19.9 Å². The quantitative estimate of drug-likeness (QED) is 0.869. The van der Waals surface area contributed by atoms with Gasteiger partial charge in [-0.25, -0.2) is 9.48 Å². The highest BCUT2D eigenvalue weighted by Crippen LogP contribution is 2.22. The molecular weight excluding hydrogens is 230 g/mol. The van der Waals surface area contributed by atoms with Crippen molar-refractivity contribution in [3.05, 3.63) is 42.1 Å². The van der Waals surface area contributed by atoms with Crippen molar-refractivity contribution in [2.75, 3.05) is 5.32 Å². The Labute approximate surface area is 105 Å². The van der Waals surface area contributed by atoms with Gasteiger partial charge in [-0.15, -0.1) is 0 Å². The van der Waals surface area contributed by atoms with Crippen LogP contribution >= 0.6 is 0 Å². The van der Waals surface area contributed by atoms with Gasteiger partial charge in [0.15, 0.2) is 0 Å². The number of carboxylic acids is 1. The van der Waals surface area contributed by atoms with Crippen molar-refractivity contribution in [3.63, 3.8) is 0 Å². The summed E-state index contributed by atoms with van der Waals surface area (Å²) in [7, 11) is 0. The maximum Gasteiger partial charge on any atom is 0.337 e. The molecule has 0 aliphatic rings. The molecular formula is C13H15N3O2. The van der Waals surface area contributed by atoms with Crippen molar-refractivity contribution in [2.45, 2.75) is 19.9 Å². The van der Waals surface area contributed by atoms with E-state index in [1.165, 1.54) is 0 Å². The second-order valence-electron chi connectivity index (χ2n) is 4.23. The smallest absolute Gasteiger partial charge is 0.337 e. The van der Waals surface area contributed by atoms with Crippen molar-refractivity contribution in [3.8, 4) is 0 Å². The van der Waals surface area contributed by atoms with E-state index < -0.39 is 5.97 Å². The molecule has 2 rings (SSSR count). The molecule has 0 saturated heterocycles. The monoisotopic (exact) mass is 245 g/mol. The third-order valence-electron chi connectivity index (χ3n) is 2.58. The summed E-state index contributed by atoms with van der Waals surface area (Å²) >= 11 is 0. The number of nitrogens with zero attached hydrogens (tertiary/aromatic N) is 2. The Morgan fingerprint density at radius 1 is 1.33 bits per heavy atom. The molecule has 5 nitrogen and oxygen atoms in total. The van der Waals surface area contributed by atoms with Gasteiger partial charge in [-0.2, -0.15) is 5.10 Å². The Bertz CT molecular complexity index is 561. The molecule has 1 aromatic heterocycles. The summed E-state index contributed by atoms with van der Waals surface area (Å²) < 4.78 is 1.80. The summed E-state index contributed by atoms with van der Waals surface area (Å²) in [4.78, 5) is 11.1. The fourth-order valence-corrected chi connectivity index (χ4v) is 1.74. The van der Waals surface area contributed by atoms with Crippen LogP contribution in [0.15, 0.2) is 36.5 Å². The van der Waals surface area contributed by atoms with Crippen LogP contribution in [0.5, 0.6) is 0 Å². The van der Waals surface area contributed by atoms with E-state index >= 15 is 0 Å². The third-order valence-corrected chi connectivity index (χ3v) is 2.58. The van der Waals surface area contributed by atoms with Gasteiger partial charge in [0.25, 0.3) is 0 Å². The van der Waals surface area contributed by atoms with Gasteiger partial charge in [0.2, 0.25) is 0 Å². The maximum atomic E-state index is 11.1. The van der Waals surface area contributed by atoms with Crippen LogP contribution in [0, 0.1) is 0 Å². The zero-order valence-electron chi connectivity index (χ0n) is 10.3. The molecule has 0 spiro atoms. The number of aromatic carboxylic acids is 1. The minimum absolute atomic E-state index is 0.208. The number of anilines is 2. The molecule has 0 fully saturated rings. The van der Waals surface area contributed by atoms with Gasteiger partial charge in [-0.1, -0.05) is 12.1 Å². The lowest BCUT2D eigenvalue weighted by molar-refractivity contribution is 0.0698. The van der Waals surface area contributed by atoms with Crippen LogP contribution in [0.3, 0.4) is 0 Å². The van der Waals surface area contributed by atoms with Gasteiger partial charge in [-0.05, 0) is 26.0 Å². The number of carbonyl (C=O) groups is 1. The first-order valence-corrected chi connectivity index (χ1v) is 5.72. The molecule has 0 amide bonds. The van der Waals surface area contributed by atoms with E-state index in [0.29, 0.717) is 5.69 Å². The fraction of sp³-hybridized carbons (Fsp3) is 0.231. The first-order valence-electron chi connectivity index (χ1n) is 5.72. The topological polar surface area (TPSA) is 67.2 Å². The number of para-hydroxylation sites is 1. The largest absolute Gasteiger partial charge is 0.478 e. The Morgan fingerprint density at radius 3 is 2.72 bits per heavy atom. The van der Waals surface area contributed by atoms with Crippen LogP contribution < -0.4 is 5.32 Å². The first kappa shape index (κ1) is 12.2. The van der Waals surface area contributed by atoms with E-state index in [4.69, 9.17) is 5.11 Å². The molecule has 18 heavy (non-hydrogen) atoms. The van der Waals surface area contributed by atoms with Crippen LogP contribution in [0.1, 0.15) is 30.2 Å². The molecule has 1 aromatic carbocycles. The molecule has 2 aromatic rings. The predicted molar refractivity (Wildman–Crippen MR) is 69.3 cm³/mol. The Balaban J connectivity index is 2.34. The fourth-order valence-electron chi connectivity index (χ4n) is 1.74. The number of nitrogens with one attached hydrogen (secondary N) is 1. The minimum atomic E-state index is -0.950. The summed E-state index contributed by atoms with van der Waals surface area (Å²) in [6.07, 6.45) is 1.69. The summed E-state index contributed by atoms with van der Waals surface area (Å²) in [5.74, 6) is -0.174. The Morgan fingerprint density at radius 2 is 2.06 bits per heavy atom. The predicted octanol–water partition coefficient (Wildman–Crippen LogP) is 2.91. The summed E-state index contributed by atoms with van der Waals surface area (Å²) in [5, 5.41) is 16.4. The van der Waals surface area contributed by atoms with Crippen molar-refractivity contribution in [1.82, 2.24) is 9.78 Å². The van der Waals surface area contributed by atoms with Crippen molar-refractivity contribution in [1.29, 1.82) is 0 Å². The number of carboxylic acid groups (broad SMARTS) is 1. The van der Waals surface area contributed by atoms with Crippen LogP contribution in [-0.4, -0.2) is 20.9 Å². The number of aromatic nitrogens is 2. The van der Waals surface area contributed by atoms with Crippen molar-refractivity contribution >= 4 is 17.5 Å². The molecule has 94 valence electrons. The highest BCUT2D eigenvalue weighted by Gasteiger charge is 2.11. The number of benzene rings is 1. The lowest BCUT2D eigenvalue weighted by Gasteiger charge is -2.13. The minimum Gasteiger partial charge on any atom is -0.478 e. The van der Waals surface area contributed by atoms with Gasteiger partial charge in [0.05, 0.1) is 17.4 Å². The number of hydrogen-bond donors (Lipinski definition) is 2. The summed E-state index contributed by atoms with van der Waals surface area (Å²) in [6.45, 7) is 4.03. The number of rotatable bonds is 4. The number of hydrogen-bond acceptors (Lipinski definition) is 3. The van der Waals surface area contributed by atoms with E-state index in [0.717, 1.165) is 5.82 Å². The van der Waals surface area contributed by atoms with Crippen LogP contribution in [-0.2, 0) is 0 Å². The molecule has 1 heterocycles. The highest BCUT2D eigenvalue weighted by molar-refractivity contribution is 5.94. The SMILES string of the molecule is CC(C)n1nccc1Nc1ccccc1C(=O)O. The van der Waals surface area contributed by atoms with E-state index in [-0.39, 0.29) is 11.6 Å². The third kappa shape index (κ3) is 2.34. The van der Waals surface area contributed by atoms with Gasteiger partial charge >= 0.3 is 5.97 Å².